The Morgan fingerprint density at radius 2 is 1.10 bits per heavy atom. The molecule has 0 bridgehead atoms. The molecule has 4 aromatic heterocycles. The molecule has 0 radical (unpaired) electrons. The number of rotatable bonds is 2. The van der Waals surface area contributed by atoms with Gasteiger partial charge in [-0.15, -0.1) is 0 Å². The molecular formula is C49H35N3. The number of aromatic nitrogens is 3. The van der Waals surface area contributed by atoms with Crippen LogP contribution < -0.4 is 0 Å². The van der Waals surface area contributed by atoms with E-state index >= 15 is 0 Å². The normalized spacial score (nSPS) is 16.5. The smallest absolute Gasteiger partial charge is 0.0628 e. The van der Waals surface area contributed by atoms with Gasteiger partial charge in [0.25, 0.3) is 0 Å². The van der Waals surface area contributed by atoms with Crippen molar-refractivity contribution in [3.8, 4) is 11.4 Å². The van der Waals surface area contributed by atoms with Crippen molar-refractivity contribution in [2.24, 2.45) is 5.92 Å². The van der Waals surface area contributed by atoms with E-state index in [0.717, 1.165) is 6.42 Å². The highest BCUT2D eigenvalue weighted by Gasteiger charge is 2.27. The van der Waals surface area contributed by atoms with Crippen molar-refractivity contribution in [1.29, 1.82) is 0 Å². The number of hydrogen-bond donors (Lipinski definition) is 0. The molecule has 2 atom stereocenters. The number of fused-ring (bicyclic) bond motifs is 14. The molecule has 1 aliphatic carbocycles. The maximum atomic E-state index is 2.53. The first-order valence-electron chi connectivity index (χ1n) is 18.6. The van der Waals surface area contributed by atoms with Crippen LogP contribution >= 0.6 is 0 Å². The molecule has 0 aliphatic heterocycles. The topological polar surface area (TPSA) is 14.3 Å². The Morgan fingerprint density at radius 1 is 0.481 bits per heavy atom. The summed E-state index contributed by atoms with van der Waals surface area (Å²) >= 11 is 0. The predicted molar refractivity (Wildman–Crippen MR) is 221 cm³/mol. The van der Waals surface area contributed by atoms with Gasteiger partial charge in [-0.25, -0.2) is 0 Å². The third kappa shape index (κ3) is 3.55. The fourth-order valence-corrected chi connectivity index (χ4v) is 9.79. The highest BCUT2D eigenvalue weighted by Crippen LogP contribution is 2.47. The van der Waals surface area contributed by atoms with Gasteiger partial charge in [-0.2, -0.15) is 0 Å². The Morgan fingerprint density at radius 3 is 1.87 bits per heavy atom. The molecule has 246 valence electrons. The molecule has 0 fully saturated rings. The van der Waals surface area contributed by atoms with Crippen LogP contribution in [0.1, 0.15) is 37.4 Å². The highest BCUT2D eigenvalue weighted by molar-refractivity contribution is 6.36. The molecule has 12 rings (SSSR count). The summed E-state index contributed by atoms with van der Waals surface area (Å²) in [7, 11) is 0. The number of benzene rings is 7. The van der Waals surface area contributed by atoms with Crippen molar-refractivity contribution >= 4 is 87.7 Å². The van der Waals surface area contributed by atoms with E-state index in [-0.39, 0.29) is 0 Å². The van der Waals surface area contributed by atoms with Crippen molar-refractivity contribution in [2.75, 3.05) is 0 Å². The first-order valence-corrected chi connectivity index (χ1v) is 18.6. The number of para-hydroxylation sites is 3. The van der Waals surface area contributed by atoms with E-state index in [2.05, 4.69) is 179 Å². The maximum Gasteiger partial charge on any atom is 0.0628 e. The Bertz CT molecular complexity index is 3290. The summed E-state index contributed by atoms with van der Waals surface area (Å²) in [5, 5.41) is 11.7. The summed E-state index contributed by atoms with van der Waals surface area (Å²) < 4.78 is 7.54. The predicted octanol–water partition coefficient (Wildman–Crippen LogP) is 13.2. The standard InChI is InChI=1S/C49H35N3/c1-29-12-11-18-37-35-15-5-8-19-41(35)51(48(37)30(29)2)34-24-22-33(23-25-34)50-44-27-32-14-4-3-13-31(32)26-40(44)46-45(50)28-39-36-16-6-9-20-42(36)52-43-21-10-7-17-38(43)47(46)49(39)52/h3-11,13-30H,12H2,1-2H3. The second kappa shape index (κ2) is 10.1. The summed E-state index contributed by atoms with van der Waals surface area (Å²) in [6.07, 6.45) is 5.84. The molecule has 7 aromatic carbocycles. The molecule has 0 saturated heterocycles. The van der Waals surface area contributed by atoms with Gasteiger partial charge >= 0.3 is 0 Å². The van der Waals surface area contributed by atoms with Crippen molar-refractivity contribution < 1.29 is 0 Å². The fraction of sp³-hybridized carbons (Fsp3) is 0.102. The van der Waals surface area contributed by atoms with E-state index < -0.39 is 0 Å². The van der Waals surface area contributed by atoms with Gasteiger partial charge in [-0.1, -0.05) is 105 Å². The van der Waals surface area contributed by atoms with Crippen LogP contribution in [-0.4, -0.2) is 13.5 Å². The quantitative estimate of drug-likeness (QED) is 0.174. The second-order valence-corrected chi connectivity index (χ2v) is 15.0. The molecule has 0 amide bonds. The Hall–Kier alpha value is -6.32. The minimum Gasteiger partial charge on any atom is -0.313 e. The molecule has 2 unspecified atom stereocenters. The number of allylic oxidation sites excluding steroid dienone is 1. The van der Waals surface area contributed by atoms with Crippen molar-refractivity contribution in [1.82, 2.24) is 13.5 Å². The molecule has 3 nitrogen and oxygen atoms in total. The molecule has 4 heterocycles. The van der Waals surface area contributed by atoms with Gasteiger partial charge in [0.15, 0.2) is 0 Å². The molecule has 11 aromatic rings. The average Bonchev–Trinajstić information content (AvgIpc) is 3.88. The molecule has 0 N–H and O–H groups in total. The molecule has 3 heteroatoms. The van der Waals surface area contributed by atoms with Crippen molar-refractivity contribution in [2.45, 2.75) is 26.2 Å². The highest BCUT2D eigenvalue weighted by atomic mass is 15.0. The second-order valence-electron chi connectivity index (χ2n) is 15.0. The van der Waals surface area contributed by atoms with Crippen LogP contribution in [0.5, 0.6) is 0 Å². The molecule has 0 saturated carbocycles. The van der Waals surface area contributed by atoms with Crippen LogP contribution in [0, 0.1) is 5.92 Å². The third-order valence-corrected chi connectivity index (χ3v) is 12.4. The lowest BCUT2D eigenvalue weighted by Crippen LogP contribution is -2.11. The van der Waals surface area contributed by atoms with Crippen LogP contribution in [-0.2, 0) is 0 Å². The van der Waals surface area contributed by atoms with Crippen LogP contribution in [0.4, 0.5) is 0 Å². The summed E-state index contributed by atoms with van der Waals surface area (Å²) in [5.41, 5.74) is 12.8. The molecule has 1 aliphatic rings. The van der Waals surface area contributed by atoms with Crippen LogP contribution in [0.15, 0.2) is 146 Å². The van der Waals surface area contributed by atoms with Crippen molar-refractivity contribution in [3.63, 3.8) is 0 Å². The van der Waals surface area contributed by atoms with Gasteiger partial charge in [-0.05, 0) is 83.8 Å². The van der Waals surface area contributed by atoms with E-state index in [9.17, 15) is 0 Å². The average molecular weight is 666 g/mol. The number of hydrogen-bond acceptors (Lipinski definition) is 0. The fourth-order valence-electron chi connectivity index (χ4n) is 9.79. The van der Waals surface area contributed by atoms with Crippen molar-refractivity contribution in [3.05, 3.63) is 157 Å². The zero-order valence-corrected chi connectivity index (χ0v) is 29.1. The van der Waals surface area contributed by atoms with Gasteiger partial charge in [0.2, 0.25) is 0 Å². The van der Waals surface area contributed by atoms with Crippen LogP contribution in [0.2, 0.25) is 0 Å². The molecular weight excluding hydrogens is 631 g/mol. The van der Waals surface area contributed by atoms with Gasteiger partial charge < -0.3 is 13.5 Å². The lowest BCUT2D eigenvalue weighted by Gasteiger charge is -2.21. The minimum atomic E-state index is 0.433. The minimum absolute atomic E-state index is 0.433. The lowest BCUT2D eigenvalue weighted by atomic mass is 9.90. The van der Waals surface area contributed by atoms with Gasteiger partial charge in [0.05, 0.1) is 33.1 Å². The summed E-state index contributed by atoms with van der Waals surface area (Å²) in [6.45, 7) is 4.79. The largest absolute Gasteiger partial charge is 0.313 e. The van der Waals surface area contributed by atoms with Gasteiger partial charge in [-0.3, -0.25) is 0 Å². The summed E-state index contributed by atoms with van der Waals surface area (Å²) in [4.78, 5) is 0. The monoisotopic (exact) mass is 665 g/mol. The zero-order chi connectivity index (χ0) is 34.2. The van der Waals surface area contributed by atoms with E-state index in [1.807, 2.05) is 0 Å². The van der Waals surface area contributed by atoms with Crippen LogP contribution in [0.3, 0.4) is 0 Å². The summed E-state index contributed by atoms with van der Waals surface area (Å²) in [6, 6.07) is 52.2. The molecule has 52 heavy (non-hydrogen) atoms. The SMILES string of the molecule is CC1CC=Cc2c(n(-c3ccc(-n4c5cc6ccccc6cc5c5c6c7ccccc7n7c8ccccc8c(cc54)c67)cc3)c3ccccc23)C1C. The summed E-state index contributed by atoms with van der Waals surface area (Å²) in [5.74, 6) is 1.00. The first kappa shape index (κ1) is 28.4. The zero-order valence-electron chi connectivity index (χ0n) is 29.1. The Labute approximate surface area is 300 Å². The third-order valence-electron chi connectivity index (χ3n) is 12.4. The van der Waals surface area contributed by atoms with E-state index in [1.54, 1.807) is 0 Å². The first-order chi connectivity index (χ1) is 25.7. The molecule has 0 spiro atoms. The van der Waals surface area contributed by atoms with E-state index in [4.69, 9.17) is 0 Å². The van der Waals surface area contributed by atoms with E-state index in [0.29, 0.717) is 11.8 Å². The van der Waals surface area contributed by atoms with Crippen LogP contribution in [0.25, 0.3) is 99.0 Å². The number of nitrogens with zero attached hydrogens (tertiary/aromatic N) is 3. The lowest BCUT2D eigenvalue weighted by molar-refractivity contribution is 0.484. The maximum absolute atomic E-state index is 2.53. The Balaban J connectivity index is 1.19. The van der Waals surface area contributed by atoms with Gasteiger partial charge in [0.1, 0.15) is 0 Å². The van der Waals surface area contributed by atoms with Gasteiger partial charge in [0, 0.05) is 66.3 Å². The Kier molecular flexibility index (Phi) is 5.54. The van der Waals surface area contributed by atoms with E-state index in [1.165, 1.54) is 104 Å².